The molecule has 3 aromatic heterocycles. The van der Waals surface area contributed by atoms with Crippen LogP contribution in [0.3, 0.4) is 0 Å². The molecule has 0 atom stereocenters. The van der Waals surface area contributed by atoms with E-state index in [-0.39, 0.29) is 6.10 Å². The Bertz CT molecular complexity index is 1180. The molecule has 1 saturated carbocycles. The minimum absolute atomic E-state index is 0.210. The van der Waals surface area contributed by atoms with E-state index >= 15 is 0 Å². The largest absolute Gasteiger partial charge is 0.460 e. The number of nitrogens with zero attached hydrogens (tertiary/aromatic N) is 6. The first-order chi connectivity index (χ1) is 18.9. The van der Waals surface area contributed by atoms with E-state index < -0.39 is 8.07 Å². The van der Waals surface area contributed by atoms with Crippen molar-refractivity contribution >= 4 is 36.0 Å². The Kier molecular flexibility index (Phi) is 9.43. The normalized spacial score (nSPS) is 16.8. The zero-order valence-electron chi connectivity index (χ0n) is 23.3. The molecule has 0 bridgehead atoms. The van der Waals surface area contributed by atoms with E-state index in [4.69, 9.17) is 29.2 Å². The lowest BCUT2D eigenvalue weighted by atomic mass is 9.98. The Morgan fingerprint density at radius 1 is 1.03 bits per heavy atom. The van der Waals surface area contributed by atoms with Crippen molar-refractivity contribution in [2.24, 2.45) is 0 Å². The average molecular weight is 569 g/mol. The van der Waals surface area contributed by atoms with E-state index in [2.05, 4.69) is 41.7 Å². The number of hydrogen-bond donors (Lipinski definition) is 0. The van der Waals surface area contributed by atoms with E-state index in [1.165, 1.54) is 19.3 Å². The van der Waals surface area contributed by atoms with Gasteiger partial charge in [-0.3, -0.25) is 4.90 Å². The summed E-state index contributed by atoms with van der Waals surface area (Å²) in [6, 6.07) is 7.64. The van der Waals surface area contributed by atoms with Crippen LogP contribution < -0.4 is 14.5 Å². The van der Waals surface area contributed by atoms with Crippen LogP contribution >= 0.6 is 11.3 Å². The highest BCUT2D eigenvalue weighted by molar-refractivity contribution is 7.18. The number of thiazole rings is 1. The zero-order valence-corrected chi connectivity index (χ0v) is 25.2. The van der Waals surface area contributed by atoms with Crippen LogP contribution in [0.1, 0.15) is 32.1 Å². The third-order valence-electron chi connectivity index (χ3n) is 7.04. The maximum absolute atomic E-state index is 6.16. The molecule has 39 heavy (non-hydrogen) atoms. The Labute approximate surface area is 236 Å². The van der Waals surface area contributed by atoms with Gasteiger partial charge in [-0.05, 0) is 49.9 Å². The van der Waals surface area contributed by atoms with Gasteiger partial charge in [-0.25, -0.2) is 15.0 Å². The van der Waals surface area contributed by atoms with Gasteiger partial charge in [-0.1, -0.05) is 37.4 Å². The smallest absolute Gasteiger partial charge is 0.317 e. The maximum Gasteiger partial charge on any atom is 0.317 e. The van der Waals surface area contributed by atoms with Crippen LogP contribution in [0.4, 0.5) is 16.6 Å². The van der Waals surface area contributed by atoms with E-state index in [1.54, 1.807) is 17.5 Å². The molecule has 9 nitrogen and oxygen atoms in total. The summed E-state index contributed by atoms with van der Waals surface area (Å²) in [5.74, 6) is 0.810. The van der Waals surface area contributed by atoms with Gasteiger partial charge < -0.3 is 19.1 Å². The van der Waals surface area contributed by atoms with Gasteiger partial charge in [-0.15, -0.1) is 0 Å². The molecule has 11 heteroatoms. The molecule has 4 heterocycles. The zero-order chi connectivity index (χ0) is 27.1. The number of pyridine rings is 1. The van der Waals surface area contributed by atoms with Gasteiger partial charge in [0.2, 0.25) is 0 Å². The molecule has 3 aromatic rings. The maximum atomic E-state index is 6.16. The fourth-order valence-electron chi connectivity index (χ4n) is 4.68. The van der Waals surface area contributed by atoms with Gasteiger partial charge in [0, 0.05) is 40.2 Å². The molecule has 1 aliphatic heterocycles. The van der Waals surface area contributed by atoms with Crippen LogP contribution in [0, 0.1) is 0 Å². The number of morpholine rings is 1. The molecule has 0 spiro atoms. The van der Waals surface area contributed by atoms with Gasteiger partial charge in [0.05, 0.1) is 35.7 Å². The summed E-state index contributed by atoms with van der Waals surface area (Å²) in [4.78, 5) is 24.0. The summed E-state index contributed by atoms with van der Waals surface area (Å²) in [7, 11) is -1.19. The van der Waals surface area contributed by atoms with Gasteiger partial charge in [0.15, 0.2) is 5.13 Å². The summed E-state index contributed by atoms with van der Waals surface area (Å²) >= 11 is 1.57. The minimum Gasteiger partial charge on any atom is -0.460 e. The van der Waals surface area contributed by atoms with E-state index in [9.17, 15) is 0 Å². The molecule has 0 aromatic carbocycles. The van der Waals surface area contributed by atoms with Gasteiger partial charge in [-0.2, -0.15) is 4.98 Å². The van der Waals surface area contributed by atoms with Crippen LogP contribution in [-0.4, -0.2) is 73.8 Å². The van der Waals surface area contributed by atoms with Crippen molar-refractivity contribution in [1.29, 1.82) is 0 Å². The predicted octanol–water partition coefficient (Wildman–Crippen LogP) is 5.99. The van der Waals surface area contributed by atoms with Crippen molar-refractivity contribution in [3.63, 3.8) is 0 Å². The van der Waals surface area contributed by atoms with E-state index in [0.29, 0.717) is 12.7 Å². The number of rotatable bonds is 11. The standard InChI is InChI=1S/C28H40N6O3SSi/c1-39(2,3)18-17-36-21-34(26-10-9-22(19-30-26)33-13-15-35-16-14-33)28-31-20-25(38-28)24-11-12-29-27(32-24)37-23-7-5-4-6-8-23/h9-12,19-20,23H,4-8,13-18,21H2,1-3H3. The van der Waals surface area contributed by atoms with Crippen molar-refractivity contribution in [2.75, 3.05) is 49.4 Å². The van der Waals surface area contributed by atoms with Crippen LogP contribution in [0.25, 0.3) is 10.6 Å². The molecule has 2 fully saturated rings. The molecular weight excluding hydrogens is 529 g/mol. The van der Waals surface area contributed by atoms with Gasteiger partial charge in [0.25, 0.3) is 0 Å². The second-order valence-electron chi connectivity index (χ2n) is 11.4. The molecule has 0 N–H and O–H groups in total. The molecule has 1 saturated heterocycles. The molecule has 5 rings (SSSR count). The summed E-state index contributed by atoms with van der Waals surface area (Å²) in [6.45, 7) is 11.5. The Morgan fingerprint density at radius 2 is 1.85 bits per heavy atom. The lowest BCUT2D eigenvalue weighted by Gasteiger charge is -2.29. The predicted molar refractivity (Wildman–Crippen MR) is 159 cm³/mol. The highest BCUT2D eigenvalue weighted by Gasteiger charge is 2.20. The molecule has 0 radical (unpaired) electrons. The van der Waals surface area contributed by atoms with Crippen molar-refractivity contribution in [3.8, 4) is 16.6 Å². The van der Waals surface area contributed by atoms with Crippen LogP contribution in [-0.2, 0) is 9.47 Å². The molecule has 0 amide bonds. The number of anilines is 3. The SMILES string of the molecule is C[Si](C)(C)CCOCN(c1ccc(N2CCOCC2)cn1)c1ncc(-c2ccnc(OC3CCCCC3)n2)s1. The van der Waals surface area contributed by atoms with E-state index in [1.807, 2.05) is 23.4 Å². The Hall–Kier alpha value is -2.60. The van der Waals surface area contributed by atoms with Crippen molar-refractivity contribution in [1.82, 2.24) is 19.9 Å². The topological polar surface area (TPSA) is 85.7 Å². The first-order valence-corrected chi connectivity index (χ1v) is 18.6. The highest BCUT2D eigenvalue weighted by atomic mass is 32.1. The third-order valence-corrected chi connectivity index (χ3v) is 9.78. The van der Waals surface area contributed by atoms with Crippen molar-refractivity contribution in [2.45, 2.75) is 63.9 Å². The molecule has 2 aliphatic rings. The van der Waals surface area contributed by atoms with Crippen LogP contribution in [0.15, 0.2) is 36.8 Å². The second-order valence-corrected chi connectivity index (χ2v) is 18.0. The van der Waals surface area contributed by atoms with Gasteiger partial charge in [0.1, 0.15) is 18.7 Å². The molecule has 210 valence electrons. The van der Waals surface area contributed by atoms with Crippen molar-refractivity contribution in [3.05, 3.63) is 36.8 Å². The first-order valence-electron chi connectivity index (χ1n) is 14.0. The number of hydrogen-bond acceptors (Lipinski definition) is 10. The van der Waals surface area contributed by atoms with Crippen molar-refractivity contribution < 1.29 is 14.2 Å². The third kappa shape index (κ3) is 7.97. The molecule has 1 aliphatic carbocycles. The Morgan fingerprint density at radius 3 is 2.59 bits per heavy atom. The van der Waals surface area contributed by atoms with Crippen LogP contribution in [0.2, 0.25) is 25.7 Å². The first kappa shape index (κ1) is 27.9. The minimum atomic E-state index is -1.19. The van der Waals surface area contributed by atoms with Crippen LogP contribution in [0.5, 0.6) is 6.01 Å². The molecule has 0 unspecified atom stereocenters. The Balaban J connectivity index is 1.32. The molecular formula is C28H40N6O3SSi. The average Bonchev–Trinajstić information content (AvgIpc) is 3.44. The summed E-state index contributed by atoms with van der Waals surface area (Å²) in [6.07, 6.45) is 11.6. The fraction of sp³-hybridized carbons (Fsp3) is 0.571. The van der Waals surface area contributed by atoms with Gasteiger partial charge >= 0.3 is 6.01 Å². The number of aromatic nitrogens is 4. The fourth-order valence-corrected chi connectivity index (χ4v) is 6.31. The summed E-state index contributed by atoms with van der Waals surface area (Å²) in [5.41, 5.74) is 1.92. The lowest BCUT2D eigenvalue weighted by Crippen LogP contribution is -2.36. The number of ether oxygens (including phenoxy) is 3. The lowest BCUT2D eigenvalue weighted by molar-refractivity contribution is 0.122. The summed E-state index contributed by atoms with van der Waals surface area (Å²) < 4.78 is 17.8. The quantitative estimate of drug-likeness (QED) is 0.157. The monoisotopic (exact) mass is 568 g/mol. The van der Waals surface area contributed by atoms with E-state index in [0.717, 1.165) is 79.0 Å². The second kappa shape index (κ2) is 13.2. The summed E-state index contributed by atoms with van der Waals surface area (Å²) in [5, 5.41) is 0.818. The highest BCUT2D eigenvalue weighted by Crippen LogP contribution is 2.34.